The number of nitrogens with one attached hydrogen (secondary N) is 2. The van der Waals surface area contributed by atoms with Gasteiger partial charge in [-0.2, -0.15) is 0 Å². The van der Waals surface area contributed by atoms with Crippen LogP contribution in [-0.4, -0.2) is 93.2 Å². The van der Waals surface area contributed by atoms with E-state index in [-0.39, 0.29) is 24.0 Å². The van der Waals surface area contributed by atoms with Gasteiger partial charge in [-0.1, -0.05) is 58.0 Å². The molecule has 1 aliphatic rings. The predicted molar refractivity (Wildman–Crippen MR) is 145 cm³/mol. The molecule has 6 nitrogen and oxygen atoms in total. The maximum Gasteiger partial charge on any atom is 0.191 e. The van der Waals surface area contributed by atoms with Crippen molar-refractivity contribution in [1.29, 1.82) is 0 Å². The molecule has 1 heterocycles. The molecular weight excluding hydrogens is 499 g/mol. The molecule has 7 heteroatoms. The third-order valence-electron chi connectivity index (χ3n) is 6.38. The molecule has 0 bridgehead atoms. The minimum Gasteiger partial charge on any atom is -0.355 e. The number of benzene rings is 1. The van der Waals surface area contributed by atoms with Crippen LogP contribution in [-0.2, 0) is 0 Å². The minimum absolute atomic E-state index is 0. The second-order valence-corrected chi connectivity index (χ2v) is 8.63. The highest BCUT2D eigenvalue weighted by Gasteiger charge is 2.25. The zero-order chi connectivity index (χ0) is 21.9. The maximum atomic E-state index is 4.50. The Kier molecular flexibility index (Phi) is 13.6. The maximum absolute atomic E-state index is 4.50. The Balaban J connectivity index is 0.00000480. The Morgan fingerprint density at radius 1 is 1.00 bits per heavy atom. The Labute approximate surface area is 207 Å². The van der Waals surface area contributed by atoms with E-state index in [1.54, 1.807) is 0 Å². The smallest absolute Gasteiger partial charge is 0.191 e. The first kappa shape index (κ1) is 28.1. The van der Waals surface area contributed by atoms with Crippen LogP contribution < -0.4 is 10.6 Å². The lowest BCUT2D eigenvalue weighted by atomic mass is 10.0. The third-order valence-corrected chi connectivity index (χ3v) is 6.38. The molecule has 1 fully saturated rings. The van der Waals surface area contributed by atoms with Gasteiger partial charge in [0.15, 0.2) is 5.96 Å². The van der Waals surface area contributed by atoms with Crippen molar-refractivity contribution in [2.45, 2.75) is 39.8 Å². The molecule has 2 rings (SSSR count). The summed E-state index contributed by atoms with van der Waals surface area (Å²) in [7, 11) is 4.08. The van der Waals surface area contributed by atoms with Gasteiger partial charge in [-0.05, 0) is 31.6 Å². The molecule has 31 heavy (non-hydrogen) atoms. The summed E-state index contributed by atoms with van der Waals surface area (Å²) in [4.78, 5) is 12.0. The summed E-state index contributed by atoms with van der Waals surface area (Å²) in [5, 5.41) is 7.20. The molecule has 0 spiro atoms. The monoisotopic (exact) mass is 544 g/mol. The molecule has 2 N–H and O–H groups in total. The van der Waals surface area contributed by atoms with Gasteiger partial charge in [-0.15, -0.1) is 24.0 Å². The number of halogens is 1. The Morgan fingerprint density at radius 2 is 1.58 bits per heavy atom. The van der Waals surface area contributed by atoms with Crippen molar-refractivity contribution in [2.24, 2.45) is 10.9 Å². The van der Waals surface area contributed by atoms with Gasteiger partial charge in [0, 0.05) is 52.4 Å². The largest absolute Gasteiger partial charge is 0.355 e. The van der Waals surface area contributed by atoms with E-state index in [1.165, 1.54) is 5.56 Å². The highest BCUT2D eigenvalue weighted by Crippen LogP contribution is 2.19. The summed E-state index contributed by atoms with van der Waals surface area (Å²) in [6.45, 7) is 17.5. The molecule has 2 atom stereocenters. The second kappa shape index (κ2) is 15.0. The number of hydrogen-bond donors (Lipinski definition) is 2. The normalized spacial score (nSPS) is 18.0. The molecule has 2 unspecified atom stereocenters. The SMILES string of the molecule is CCN(CC)C(CNC(=NC)NCC(C(C)C)N1CCN(C)CC1)c1ccccc1.I. The third kappa shape index (κ3) is 8.86. The van der Waals surface area contributed by atoms with E-state index in [2.05, 4.69) is 95.4 Å². The Bertz CT molecular complexity index is 612. The topological polar surface area (TPSA) is 46.1 Å². The average Bonchev–Trinajstić information content (AvgIpc) is 2.76. The van der Waals surface area contributed by atoms with Crippen LogP contribution in [0.1, 0.15) is 39.3 Å². The lowest BCUT2D eigenvalue weighted by molar-refractivity contribution is 0.0899. The van der Waals surface area contributed by atoms with Crippen LogP contribution in [0.4, 0.5) is 0 Å². The van der Waals surface area contributed by atoms with Crippen LogP contribution in [0.25, 0.3) is 0 Å². The van der Waals surface area contributed by atoms with Crippen molar-refractivity contribution in [3.63, 3.8) is 0 Å². The van der Waals surface area contributed by atoms with Crippen LogP contribution in [0, 0.1) is 5.92 Å². The van der Waals surface area contributed by atoms with Gasteiger partial charge >= 0.3 is 0 Å². The number of rotatable bonds is 10. The van der Waals surface area contributed by atoms with Crippen molar-refractivity contribution in [3.8, 4) is 0 Å². The zero-order valence-electron chi connectivity index (χ0n) is 20.5. The van der Waals surface area contributed by atoms with E-state index >= 15 is 0 Å². The molecule has 0 radical (unpaired) electrons. The fourth-order valence-corrected chi connectivity index (χ4v) is 4.35. The van der Waals surface area contributed by atoms with Crippen molar-refractivity contribution in [2.75, 3.05) is 66.5 Å². The first-order valence-corrected chi connectivity index (χ1v) is 11.7. The van der Waals surface area contributed by atoms with Crippen molar-refractivity contribution < 1.29 is 0 Å². The Morgan fingerprint density at radius 3 is 2.10 bits per heavy atom. The van der Waals surface area contributed by atoms with Crippen LogP contribution in [0.5, 0.6) is 0 Å². The second-order valence-electron chi connectivity index (χ2n) is 8.63. The van der Waals surface area contributed by atoms with Crippen LogP contribution in [0.3, 0.4) is 0 Å². The number of hydrogen-bond acceptors (Lipinski definition) is 4. The summed E-state index contributed by atoms with van der Waals surface area (Å²) in [5.74, 6) is 1.50. The number of guanidine groups is 1. The van der Waals surface area contributed by atoms with E-state index in [1.807, 2.05) is 7.05 Å². The zero-order valence-corrected chi connectivity index (χ0v) is 22.8. The minimum atomic E-state index is 0. The lowest BCUT2D eigenvalue weighted by Crippen LogP contribution is -2.55. The van der Waals surface area contributed by atoms with Gasteiger partial charge in [-0.25, -0.2) is 0 Å². The highest BCUT2D eigenvalue weighted by atomic mass is 127. The van der Waals surface area contributed by atoms with Crippen LogP contribution in [0.2, 0.25) is 0 Å². The van der Waals surface area contributed by atoms with E-state index in [9.17, 15) is 0 Å². The van der Waals surface area contributed by atoms with Gasteiger partial charge in [-0.3, -0.25) is 14.8 Å². The number of likely N-dealkylation sites (N-methyl/N-ethyl adjacent to an activating group) is 2. The van der Waals surface area contributed by atoms with E-state index in [0.717, 1.165) is 58.3 Å². The first-order valence-electron chi connectivity index (χ1n) is 11.7. The summed E-state index contributed by atoms with van der Waals surface area (Å²) < 4.78 is 0. The average molecular weight is 545 g/mol. The van der Waals surface area contributed by atoms with Gasteiger partial charge in [0.1, 0.15) is 0 Å². The summed E-state index contributed by atoms with van der Waals surface area (Å²) in [6.07, 6.45) is 0. The molecule has 1 aromatic carbocycles. The van der Waals surface area contributed by atoms with Gasteiger partial charge in [0.25, 0.3) is 0 Å². The van der Waals surface area contributed by atoms with Gasteiger partial charge in [0.2, 0.25) is 0 Å². The molecule has 1 saturated heterocycles. The predicted octanol–water partition coefficient (Wildman–Crippen LogP) is 3.12. The fraction of sp³-hybridized carbons (Fsp3) is 0.708. The molecule has 1 aromatic rings. The van der Waals surface area contributed by atoms with Crippen molar-refractivity contribution >= 4 is 29.9 Å². The van der Waals surface area contributed by atoms with E-state index in [4.69, 9.17) is 0 Å². The van der Waals surface area contributed by atoms with E-state index < -0.39 is 0 Å². The van der Waals surface area contributed by atoms with Crippen molar-refractivity contribution in [3.05, 3.63) is 35.9 Å². The number of aliphatic imine (C=N–C) groups is 1. The molecular formula is C24H45IN6. The van der Waals surface area contributed by atoms with Crippen molar-refractivity contribution in [1.82, 2.24) is 25.3 Å². The number of piperazine rings is 1. The highest BCUT2D eigenvalue weighted by molar-refractivity contribution is 14.0. The molecule has 0 aromatic heterocycles. The lowest BCUT2D eigenvalue weighted by Gasteiger charge is -2.40. The molecule has 0 saturated carbocycles. The van der Waals surface area contributed by atoms with E-state index in [0.29, 0.717) is 18.0 Å². The molecule has 0 aliphatic carbocycles. The van der Waals surface area contributed by atoms with Gasteiger partial charge < -0.3 is 15.5 Å². The quantitative estimate of drug-likeness (QED) is 0.269. The summed E-state index contributed by atoms with van der Waals surface area (Å²) >= 11 is 0. The van der Waals surface area contributed by atoms with Gasteiger partial charge in [0.05, 0.1) is 6.04 Å². The fourth-order valence-electron chi connectivity index (χ4n) is 4.35. The van der Waals surface area contributed by atoms with Crippen LogP contribution in [0.15, 0.2) is 35.3 Å². The molecule has 1 aliphatic heterocycles. The van der Waals surface area contributed by atoms with Crippen LogP contribution >= 0.6 is 24.0 Å². The summed E-state index contributed by atoms with van der Waals surface area (Å²) in [5.41, 5.74) is 1.35. The molecule has 178 valence electrons. The first-order chi connectivity index (χ1) is 14.5. The number of nitrogens with zero attached hydrogens (tertiary/aromatic N) is 4. The standard InChI is InChI=1S/C24H44N6.HI/c1-7-29(8-2)23(21-12-10-9-11-13-21)19-27-24(25-5)26-18-22(20(3)4)30-16-14-28(6)15-17-30;/h9-13,20,22-23H,7-8,14-19H2,1-6H3,(H2,25,26,27);1H. The summed E-state index contributed by atoms with van der Waals surface area (Å²) in [6, 6.07) is 11.6. The Hall–Kier alpha value is -0.900. The molecule has 0 amide bonds.